The molecule has 67 heavy (non-hydrogen) atoms. The lowest BCUT2D eigenvalue weighted by molar-refractivity contribution is -0.143. The molecule has 0 aromatic heterocycles. The molecule has 386 valence electrons. The highest BCUT2D eigenvalue weighted by molar-refractivity contribution is 5.98. The van der Waals surface area contributed by atoms with Crippen LogP contribution in [0.2, 0.25) is 0 Å². The Morgan fingerprint density at radius 1 is 0.418 bits per heavy atom. The summed E-state index contributed by atoms with van der Waals surface area (Å²) in [6.45, 7) is 25.9. The fourth-order valence-electron chi connectivity index (χ4n) is 5.46. The molecular weight excluding hydrogens is 877 g/mol. The van der Waals surface area contributed by atoms with Gasteiger partial charge in [-0.2, -0.15) is 0 Å². The van der Waals surface area contributed by atoms with E-state index in [-0.39, 0.29) is 44.9 Å². The molecule has 0 aromatic carbocycles. The van der Waals surface area contributed by atoms with Crippen molar-refractivity contribution in [2.24, 2.45) is 4.99 Å². The average molecular weight is 959 g/mol. The number of amides is 7. The van der Waals surface area contributed by atoms with Gasteiger partial charge in [-0.25, -0.2) is 28.8 Å². The van der Waals surface area contributed by atoms with Crippen LogP contribution in [0.1, 0.15) is 162 Å². The van der Waals surface area contributed by atoms with Crippen LogP contribution in [0.5, 0.6) is 0 Å². The predicted molar refractivity (Wildman–Crippen MR) is 250 cm³/mol. The van der Waals surface area contributed by atoms with E-state index in [9.17, 15) is 38.4 Å². The van der Waals surface area contributed by atoms with E-state index in [1.807, 2.05) is 0 Å². The van der Waals surface area contributed by atoms with Crippen LogP contribution in [-0.4, -0.2) is 127 Å². The van der Waals surface area contributed by atoms with Crippen LogP contribution in [0.15, 0.2) is 4.99 Å². The Hall–Kier alpha value is -5.57. The summed E-state index contributed by atoms with van der Waals surface area (Å²) < 4.78 is 31.4. The van der Waals surface area contributed by atoms with Crippen molar-refractivity contribution in [3.8, 4) is 0 Å². The maximum atomic E-state index is 13.4. The number of hydrogen-bond donors (Lipinski definition) is 7. The molecular formula is C45H82N8O14. The molecule has 0 saturated carbocycles. The summed E-state index contributed by atoms with van der Waals surface area (Å²) in [7, 11) is 1.21. The number of carbonyl (C=O) groups excluding carboxylic acids is 8. The minimum atomic E-state index is -0.993. The first-order valence-corrected chi connectivity index (χ1v) is 22.8. The van der Waals surface area contributed by atoms with Crippen molar-refractivity contribution >= 4 is 54.2 Å². The maximum absolute atomic E-state index is 13.4. The molecule has 0 radical (unpaired) electrons. The van der Waals surface area contributed by atoms with Gasteiger partial charge in [0.25, 0.3) is 0 Å². The van der Waals surface area contributed by atoms with Crippen LogP contribution >= 0.6 is 0 Å². The summed E-state index contributed by atoms with van der Waals surface area (Å²) in [6.07, 6.45) is -1.04. The SMILES string of the molecule is COC(=O)[C@H](CCCCNC(=O)[C@H](CCCCNC(=O)[C@H](CCCCNC(=NC(=O)OC(C)(C)C)NC(=O)OC(C)(C)C)NC(=O)OC(C)(C)C)NC(=O)OC(C)(C)C)NC(=O)OC(C)(C)C. The van der Waals surface area contributed by atoms with E-state index in [4.69, 9.17) is 28.4 Å². The number of esters is 1. The number of alkyl carbamates (subject to hydrolysis) is 4. The maximum Gasteiger partial charge on any atom is 0.437 e. The van der Waals surface area contributed by atoms with E-state index in [1.165, 1.54) is 7.11 Å². The number of guanidine groups is 1. The standard InChI is InChI=1S/C45H82N8O14/c1-41(2,3)63-36(57)49-29(32(54)47-27-21-19-25-31(34(56)62-16)51-38(59)65-43(7,8)9)23-17-20-26-46-33(55)30(50-37(58)64-42(4,5)6)24-18-22-28-48-35(52-39(60)66-44(10,11)12)53-40(61)67-45(13,14)15/h29-31H,17-28H2,1-16H3,(H,46,55)(H,47,54)(H,49,57)(H,50,58)(H,51,59)(H2,48,52,53,60,61)/t29-,30-,31-/m0/s1. The second kappa shape index (κ2) is 28.6. The topological polar surface area (TPSA) is 289 Å². The number of aliphatic imine (C=N–C) groups is 1. The lowest BCUT2D eigenvalue weighted by Crippen LogP contribution is -2.49. The van der Waals surface area contributed by atoms with Crippen molar-refractivity contribution in [1.29, 1.82) is 0 Å². The number of hydrogen-bond acceptors (Lipinski definition) is 14. The van der Waals surface area contributed by atoms with Gasteiger partial charge < -0.3 is 60.3 Å². The average Bonchev–Trinajstić information content (AvgIpc) is 3.11. The van der Waals surface area contributed by atoms with Crippen molar-refractivity contribution in [1.82, 2.24) is 37.2 Å². The third kappa shape index (κ3) is 34.4. The Labute approximate surface area is 397 Å². The number of methoxy groups -OCH3 is 1. The number of ether oxygens (including phenoxy) is 6. The second-order valence-electron chi connectivity index (χ2n) is 20.7. The van der Waals surface area contributed by atoms with Crippen molar-refractivity contribution < 1.29 is 66.8 Å². The highest BCUT2D eigenvalue weighted by atomic mass is 16.6. The molecule has 0 unspecified atom stereocenters. The summed E-state index contributed by atoms with van der Waals surface area (Å²) >= 11 is 0. The first-order valence-electron chi connectivity index (χ1n) is 22.8. The van der Waals surface area contributed by atoms with Crippen molar-refractivity contribution in [3.63, 3.8) is 0 Å². The van der Waals surface area contributed by atoms with Gasteiger partial charge in [-0.3, -0.25) is 14.9 Å². The summed E-state index contributed by atoms with van der Waals surface area (Å²) in [5.41, 5.74) is -4.06. The van der Waals surface area contributed by atoms with Crippen LogP contribution in [0.25, 0.3) is 0 Å². The summed E-state index contributed by atoms with van der Waals surface area (Å²) in [5, 5.41) is 18.7. The number of rotatable bonds is 21. The molecule has 0 bridgehead atoms. The van der Waals surface area contributed by atoms with E-state index in [2.05, 4.69) is 42.2 Å². The van der Waals surface area contributed by atoms with Gasteiger partial charge in [0, 0.05) is 19.6 Å². The normalized spacial score (nSPS) is 13.6. The molecule has 0 aromatic rings. The number of nitrogens with one attached hydrogen (secondary N) is 7. The summed E-state index contributed by atoms with van der Waals surface area (Å²) in [5.74, 6) is -1.77. The highest BCUT2D eigenvalue weighted by Crippen LogP contribution is 2.13. The van der Waals surface area contributed by atoms with Crippen LogP contribution in [0.4, 0.5) is 24.0 Å². The van der Waals surface area contributed by atoms with E-state index in [0.717, 1.165) is 0 Å². The van der Waals surface area contributed by atoms with Gasteiger partial charge in [0.05, 0.1) is 7.11 Å². The molecule has 7 amide bonds. The largest absolute Gasteiger partial charge is 0.467 e. The molecule has 0 fully saturated rings. The molecule has 0 saturated heterocycles. The van der Waals surface area contributed by atoms with Gasteiger partial charge in [-0.1, -0.05) is 0 Å². The summed E-state index contributed by atoms with van der Waals surface area (Å²) in [6, 6.07) is -2.92. The van der Waals surface area contributed by atoms with Gasteiger partial charge in [0.15, 0.2) is 0 Å². The number of carbonyl (C=O) groups is 8. The predicted octanol–water partition coefficient (Wildman–Crippen LogP) is 5.99. The molecule has 0 rings (SSSR count). The van der Waals surface area contributed by atoms with Crippen LogP contribution in [0.3, 0.4) is 0 Å². The highest BCUT2D eigenvalue weighted by Gasteiger charge is 2.28. The Morgan fingerprint density at radius 2 is 0.731 bits per heavy atom. The zero-order chi connectivity index (χ0) is 51.8. The van der Waals surface area contributed by atoms with Gasteiger partial charge >= 0.3 is 36.4 Å². The van der Waals surface area contributed by atoms with Crippen LogP contribution in [-0.2, 0) is 42.8 Å². The van der Waals surface area contributed by atoms with E-state index in [1.54, 1.807) is 104 Å². The zero-order valence-corrected chi connectivity index (χ0v) is 42.9. The fraction of sp³-hybridized carbons (Fsp3) is 0.800. The number of nitrogens with zero attached hydrogens (tertiary/aromatic N) is 1. The molecule has 7 N–H and O–H groups in total. The van der Waals surface area contributed by atoms with Crippen molar-refractivity contribution in [2.75, 3.05) is 26.7 Å². The van der Waals surface area contributed by atoms with Crippen LogP contribution in [0, 0.1) is 0 Å². The summed E-state index contributed by atoms with van der Waals surface area (Å²) in [4.78, 5) is 105. The second-order valence-corrected chi connectivity index (χ2v) is 20.7. The minimum Gasteiger partial charge on any atom is -0.467 e. The lowest BCUT2D eigenvalue weighted by atomic mass is 10.1. The van der Waals surface area contributed by atoms with Gasteiger partial charge in [-0.15, -0.1) is 4.99 Å². The third-order valence-corrected chi connectivity index (χ3v) is 8.06. The molecule has 0 spiro atoms. The molecule has 22 nitrogen and oxygen atoms in total. The molecule has 0 aliphatic rings. The monoisotopic (exact) mass is 959 g/mol. The smallest absolute Gasteiger partial charge is 0.437 e. The van der Waals surface area contributed by atoms with E-state index >= 15 is 0 Å². The first kappa shape index (κ1) is 61.4. The quantitative estimate of drug-likeness (QED) is 0.0229. The van der Waals surface area contributed by atoms with E-state index < -0.39 is 94.4 Å². The van der Waals surface area contributed by atoms with Gasteiger partial charge in [0.1, 0.15) is 46.1 Å². The zero-order valence-electron chi connectivity index (χ0n) is 42.9. The Balaban J connectivity index is 5.56. The minimum absolute atomic E-state index is 0.174. The molecule has 0 heterocycles. The van der Waals surface area contributed by atoms with Crippen molar-refractivity contribution in [3.05, 3.63) is 0 Å². The Kier molecular flexibility index (Phi) is 26.2. The molecule has 3 atom stereocenters. The third-order valence-electron chi connectivity index (χ3n) is 8.06. The molecule has 0 aliphatic carbocycles. The van der Waals surface area contributed by atoms with Crippen molar-refractivity contribution in [2.45, 2.75) is 208 Å². The molecule has 0 aliphatic heterocycles. The first-order chi connectivity index (χ1) is 30.6. The number of unbranched alkanes of at least 4 members (excludes halogenated alkanes) is 3. The van der Waals surface area contributed by atoms with Crippen LogP contribution < -0.4 is 37.2 Å². The van der Waals surface area contributed by atoms with Gasteiger partial charge in [-0.05, 0) is 162 Å². The van der Waals surface area contributed by atoms with E-state index in [0.29, 0.717) is 38.5 Å². The fourth-order valence-corrected chi connectivity index (χ4v) is 5.46. The Morgan fingerprint density at radius 3 is 1.07 bits per heavy atom. The lowest BCUT2D eigenvalue weighted by Gasteiger charge is -2.24. The Bertz CT molecular complexity index is 1650. The molecule has 22 heteroatoms. The van der Waals surface area contributed by atoms with Gasteiger partial charge in [0.2, 0.25) is 17.8 Å².